The van der Waals surface area contributed by atoms with Crippen molar-refractivity contribution in [3.8, 4) is 16.9 Å². The van der Waals surface area contributed by atoms with Crippen LogP contribution in [0.2, 0.25) is 5.02 Å². The van der Waals surface area contributed by atoms with Crippen molar-refractivity contribution in [3.63, 3.8) is 0 Å². The number of fused-ring (bicyclic) bond motifs is 1. The van der Waals surface area contributed by atoms with Crippen molar-refractivity contribution in [2.75, 3.05) is 24.5 Å². The van der Waals surface area contributed by atoms with Gasteiger partial charge in [-0.2, -0.15) is 4.98 Å². The Morgan fingerprint density at radius 1 is 1.12 bits per heavy atom. The predicted octanol–water partition coefficient (Wildman–Crippen LogP) is 6.27. The maximum absolute atomic E-state index is 15.0. The summed E-state index contributed by atoms with van der Waals surface area (Å²) in [6, 6.07) is 9.66. The van der Waals surface area contributed by atoms with E-state index in [0.29, 0.717) is 42.2 Å². The first-order chi connectivity index (χ1) is 20.4. The predicted molar refractivity (Wildman–Crippen MR) is 165 cm³/mol. The molecule has 3 aromatic heterocycles. The first kappa shape index (κ1) is 29.0. The van der Waals surface area contributed by atoms with E-state index in [1.807, 2.05) is 45.6 Å². The number of halogens is 2. The van der Waals surface area contributed by atoms with E-state index in [4.69, 9.17) is 21.3 Å². The van der Waals surface area contributed by atoms with Crippen LogP contribution in [-0.2, 0) is 4.74 Å². The third-order valence-electron chi connectivity index (χ3n) is 7.82. The first-order valence-corrected chi connectivity index (χ1v) is 14.9. The molecule has 1 saturated heterocycles. The molecule has 0 radical (unpaired) electrons. The number of hydrogen-bond acceptors (Lipinski definition) is 7. The van der Waals surface area contributed by atoms with E-state index in [1.54, 1.807) is 35.4 Å². The fraction of sp³-hybridized carbons (Fsp3) is 0.406. The number of anilines is 1. The van der Waals surface area contributed by atoms with Crippen LogP contribution in [0.5, 0.6) is 0 Å². The minimum atomic E-state index is -0.609. The van der Waals surface area contributed by atoms with Crippen molar-refractivity contribution in [2.45, 2.75) is 65.0 Å². The number of rotatable bonds is 4. The number of ether oxygens (including phenoxy) is 1. The molecule has 6 rings (SSSR count). The summed E-state index contributed by atoms with van der Waals surface area (Å²) in [6.07, 6.45) is 3.34. The highest BCUT2D eigenvalue weighted by Crippen LogP contribution is 2.43. The molecule has 2 aliphatic rings. The lowest BCUT2D eigenvalue weighted by atomic mass is 10.1. The fourth-order valence-electron chi connectivity index (χ4n) is 5.65. The molecular formula is C32H34ClFN6O3. The summed E-state index contributed by atoms with van der Waals surface area (Å²) in [6.45, 7) is 10.6. The second-order valence-corrected chi connectivity index (χ2v) is 12.7. The molecule has 1 saturated carbocycles. The molecule has 1 aromatic carbocycles. The van der Waals surface area contributed by atoms with Gasteiger partial charge in [-0.3, -0.25) is 4.98 Å². The summed E-state index contributed by atoms with van der Waals surface area (Å²) in [5.41, 5.74) is 1.98. The number of nitrogens with zero attached hydrogens (tertiary/aromatic N) is 6. The summed E-state index contributed by atoms with van der Waals surface area (Å²) in [5, 5.41) is 0.781. The van der Waals surface area contributed by atoms with Gasteiger partial charge in [-0.25, -0.2) is 23.5 Å². The van der Waals surface area contributed by atoms with Gasteiger partial charge in [-0.15, -0.1) is 0 Å². The van der Waals surface area contributed by atoms with Gasteiger partial charge in [0.25, 0.3) is 0 Å². The lowest BCUT2D eigenvalue weighted by molar-refractivity contribution is 0.0218. The van der Waals surface area contributed by atoms with Crippen molar-refractivity contribution in [1.29, 1.82) is 0 Å². The minimum absolute atomic E-state index is 0.195. The molecular weight excluding hydrogens is 571 g/mol. The zero-order chi connectivity index (χ0) is 30.6. The van der Waals surface area contributed by atoms with Crippen LogP contribution in [0.25, 0.3) is 28.0 Å². The Hall–Kier alpha value is -4.05. The zero-order valence-electron chi connectivity index (χ0n) is 24.9. The molecule has 4 heterocycles. The molecule has 2 fully saturated rings. The lowest BCUT2D eigenvalue weighted by Gasteiger charge is -2.41. The Morgan fingerprint density at radius 2 is 1.86 bits per heavy atom. The highest BCUT2D eigenvalue weighted by atomic mass is 35.5. The lowest BCUT2D eigenvalue weighted by Crippen LogP contribution is -2.55. The van der Waals surface area contributed by atoms with Crippen molar-refractivity contribution < 1.29 is 13.9 Å². The van der Waals surface area contributed by atoms with Crippen LogP contribution in [0, 0.1) is 12.7 Å². The van der Waals surface area contributed by atoms with Crippen LogP contribution in [0.4, 0.5) is 15.0 Å². The van der Waals surface area contributed by atoms with Crippen molar-refractivity contribution in [1.82, 2.24) is 24.4 Å². The van der Waals surface area contributed by atoms with Crippen LogP contribution >= 0.6 is 11.6 Å². The van der Waals surface area contributed by atoms with Gasteiger partial charge in [0.15, 0.2) is 5.65 Å². The molecule has 9 nitrogen and oxygen atoms in total. The number of carbonyl (C=O) groups excluding carboxylic acids is 1. The van der Waals surface area contributed by atoms with Gasteiger partial charge >= 0.3 is 11.8 Å². The topological polar surface area (TPSA) is 93.5 Å². The summed E-state index contributed by atoms with van der Waals surface area (Å²) in [4.78, 5) is 44.6. The van der Waals surface area contributed by atoms with E-state index in [-0.39, 0.29) is 34.3 Å². The molecule has 0 unspecified atom stereocenters. The maximum Gasteiger partial charge on any atom is 0.410 e. The van der Waals surface area contributed by atoms with Crippen molar-refractivity contribution >= 4 is 34.5 Å². The second-order valence-electron chi connectivity index (χ2n) is 12.3. The molecule has 1 aliphatic heterocycles. The van der Waals surface area contributed by atoms with E-state index in [0.717, 1.165) is 24.1 Å². The van der Waals surface area contributed by atoms with Crippen molar-refractivity contribution in [2.24, 2.45) is 0 Å². The minimum Gasteiger partial charge on any atom is -0.444 e. The molecule has 0 bridgehead atoms. The number of carbonyl (C=O) groups is 1. The third-order valence-corrected chi connectivity index (χ3v) is 8.11. The Balaban J connectivity index is 1.53. The third kappa shape index (κ3) is 5.56. The molecule has 1 amide bonds. The Morgan fingerprint density at radius 3 is 2.53 bits per heavy atom. The highest BCUT2D eigenvalue weighted by molar-refractivity contribution is 6.33. The smallest absolute Gasteiger partial charge is 0.410 e. The maximum atomic E-state index is 15.0. The van der Waals surface area contributed by atoms with Gasteiger partial charge in [0.2, 0.25) is 0 Å². The summed E-state index contributed by atoms with van der Waals surface area (Å²) < 4.78 is 22.1. The molecule has 43 heavy (non-hydrogen) atoms. The normalized spacial score (nSPS) is 17.4. The van der Waals surface area contributed by atoms with Gasteiger partial charge in [0, 0.05) is 43.4 Å². The molecule has 1 aliphatic carbocycles. The summed E-state index contributed by atoms with van der Waals surface area (Å²) in [7, 11) is 0. The average molecular weight is 605 g/mol. The number of aromatic nitrogens is 4. The standard InChI is InChI=1S/C32H34ClFN6O3/c1-18-12-13-35-25(20-10-11-20)27(18)40-29-22(16-23(33)26(36-29)21-8-6-7-9-24(21)34)28(37-30(40)41)39-15-14-38(17-19(39)2)31(42)43-32(3,4)5/h6-9,12-13,16,19-20H,10-11,14-15,17H2,1-5H3/t19-/m0/s1. The van der Waals surface area contributed by atoms with E-state index in [1.165, 1.54) is 10.6 Å². The molecule has 1 atom stereocenters. The number of aryl methyl sites for hydroxylation is 1. The van der Waals surface area contributed by atoms with Crippen LogP contribution in [0.3, 0.4) is 0 Å². The van der Waals surface area contributed by atoms with Crippen LogP contribution in [0.1, 0.15) is 57.7 Å². The van der Waals surface area contributed by atoms with Crippen LogP contribution in [0.15, 0.2) is 47.4 Å². The monoisotopic (exact) mass is 604 g/mol. The summed E-state index contributed by atoms with van der Waals surface area (Å²) >= 11 is 6.80. The fourth-order valence-corrected chi connectivity index (χ4v) is 5.90. The quantitative estimate of drug-likeness (QED) is 0.271. The van der Waals surface area contributed by atoms with E-state index >= 15 is 0 Å². The van der Waals surface area contributed by atoms with Gasteiger partial charge in [0.05, 0.1) is 27.5 Å². The Labute approximate surface area is 254 Å². The number of piperazine rings is 1. The van der Waals surface area contributed by atoms with Gasteiger partial charge in [0.1, 0.15) is 17.2 Å². The first-order valence-electron chi connectivity index (χ1n) is 14.5. The van der Waals surface area contributed by atoms with Gasteiger partial charge in [-0.05, 0) is 77.3 Å². The van der Waals surface area contributed by atoms with E-state index in [2.05, 4.69) is 9.97 Å². The molecule has 224 valence electrons. The number of amides is 1. The van der Waals surface area contributed by atoms with Crippen LogP contribution < -0.4 is 10.6 Å². The molecule has 0 N–H and O–H groups in total. The molecule has 4 aromatic rings. The Bertz CT molecular complexity index is 1800. The largest absolute Gasteiger partial charge is 0.444 e. The van der Waals surface area contributed by atoms with Gasteiger partial charge < -0.3 is 14.5 Å². The summed E-state index contributed by atoms with van der Waals surface area (Å²) in [5.74, 6) is 0.190. The van der Waals surface area contributed by atoms with E-state index in [9.17, 15) is 14.0 Å². The number of hydrogen-bond donors (Lipinski definition) is 0. The average Bonchev–Trinajstić information content (AvgIpc) is 3.78. The number of pyridine rings is 2. The highest BCUT2D eigenvalue weighted by Gasteiger charge is 2.34. The molecule has 0 spiro atoms. The van der Waals surface area contributed by atoms with Crippen LogP contribution in [-0.4, -0.2) is 61.8 Å². The Kier molecular flexibility index (Phi) is 7.36. The zero-order valence-corrected chi connectivity index (χ0v) is 25.7. The molecule has 11 heteroatoms. The second kappa shape index (κ2) is 10.9. The van der Waals surface area contributed by atoms with E-state index < -0.39 is 17.1 Å². The van der Waals surface area contributed by atoms with Gasteiger partial charge in [-0.1, -0.05) is 23.7 Å². The van der Waals surface area contributed by atoms with Crippen molar-refractivity contribution in [3.05, 3.63) is 75.2 Å². The SMILES string of the molecule is Cc1ccnc(C2CC2)c1-n1c(=O)nc(N2CCN(C(=O)OC(C)(C)C)C[C@@H]2C)c2cc(Cl)c(-c3ccccc3F)nc21. The number of benzene rings is 1.